The Labute approximate surface area is 143 Å². The normalized spacial score (nSPS) is 10.5. The zero-order chi connectivity index (χ0) is 17.1. The van der Waals surface area contributed by atoms with Gasteiger partial charge in [0.2, 0.25) is 0 Å². The predicted octanol–water partition coefficient (Wildman–Crippen LogP) is 4.84. The zero-order valence-electron chi connectivity index (χ0n) is 13.3. The molecule has 0 aliphatic carbocycles. The number of halogens is 1. The summed E-state index contributed by atoms with van der Waals surface area (Å²) in [4.78, 5) is 15.7. The van der Waals surface area contributed by atoms with Crippen LogP contribution in [0.3, 0.4) is 0 Å². The Kier molecular flexibility index (Phi) is 4.62. The van der Waals surface area contributed by atoms with E-state index in [1.165, 1.54) is 23.5 Å². The van der Waals surface area contributed by atoms with E-state index < -0.39 is 0 Å². The molecule has 1 amide bonds. The Bertz CT molecular complexity index is 875. The number of ether oxygens (including phenoxy) is 1. The predicted molar refractivity (Wildman–Crippen MR) is 95.4 cm³/mol. The second-order valence-electron chi connectivity index (χ2n) is 5.24. The molecule has 0 unspecified atom stereocenters. The Morgan fingerprint density at radius 3 is 2.62 bits per heavy atom. The molecular weight excluding hydrogens is 325 g/mol. The van der Waals surface area contributed by atoms with Gasteiger partial charge in [0.1, 0.15) is 11.6 Å². The Morgan fingerprint density at radius 2 is 1.88 bits per heavy atom. The summed E-state index contributed by atoms with van der Waals surface area (Å²) in [5.74, 6) is 0.289. The fourth-order valence-corrected chi connectivity index (χ4v) is 3.33. The Morgan fingerprint density at radius 1 is 1.08 bits per heavy atom. The van der Waals surface area contributed by atoms with Gasteiger partial charge in [0.15, 0.2) is 0 Å². The van der Waals surface area contributed by atoms with Crippen LogP contribution in [0, 0.1) is 5.82 Å². The fourth-order valence-electron chi connectivity index (χ4n) is 2.35. The van der Waals surface area contributed by atoms with Crippen molar-refractivity contribution in [2.75, 3.05) is 19.1 Å². The lowest BCUT2D eigenvalue weighted by Gasteiger charge is -2.17. The summed E-state index contributed by atoms with van der Waals surface area (Å²) in [6.45, 7) is 0. The number of amides is 1. The molecule has 2 aromatic carbocycles. The number of hydrogen-bond donors (Lipinski definition) is 0. The average molecular weight is 341 g/mol. The van der Waals surface area contributed by atoms with Crippen molar-refractivity contribution < 1.29 is 13.9 Å². The van der Waals surface area contributed by atoms with Gasteiger partial charge in [-0.05, 0) is 42.0 Å². The number of carbonyl (C=O) groups excluding carboxylic acids is 1. The van der Waals surface area contributed by atoms with Crippen LogP contribution in [-0.4, -0.2) is 20.1 Å². The molecule has 3 aromatic rings. The molecule has 122 valence electrons. The van der Waals surface area contributed by atoms with Crippen molar-refractivity contribution in [2.24, 2.45) is 0 Å². The standard InChI is InChI=1S/C19H16FNO2S/c1-21(15-7-4-8-16(12-15)23-2)19(22)18-10-9-17(24-18)13-5-3-6-14(20)11-13/h3-12H,1-2H3. The van der Waals surface area contributed by atoms with Crippen LogP contribution in [0.4, 0.5) is 10.1 Å². The molecule has 0 bridgehead atoms. The molecule has 24 heavy (non-hydrogen) atoms. The van der Waals surface area contributed by atoms with Gasteiger partial charge in [-0.25, -0.2) is 4.39 Å². The van der Waals surface area contributed by atoms with Gasteiger partial charge in [-0.3, -0.25) is 4.79 Å². The van der Waals surface area contributed by atoms with E-state index >= 15 is 0 Å². The minimum absolute atomic E-state index is 0.115. The van der Waals surface area contributed by atoms with E-state index in [-0.39, 0.29) is 11.7 Å². The minimum atomic E-state index is -0.290. The highest BCUT2D eigenvalue weighted by atomic mass is 32.1. The number of methoxy groups -OCH3 is 1. The third-order valence-corrected chi connectivity index (χ3v) is 4.79. The zero-order valence-corrected chi connectivity index (χ0v) is 14.1. The summed E-state index contributed by atoms with van der Waals surface area (Å²) < 4.78 is 18.5. The first-order valence-electron chi connectivity index (χ1n) is 7.36. The number of rotatable bonds is 4. The smallest absolute Gasteiger partial charge is 0.268 e. The third kappa shape index (κ3) is 3.31. The third-order valence-electron chi connectivity index (χ3n) is 3.67. The van der Waals surface area contributed by atoms with Crippen molar-refractivity contribution in [2.45, 2.75) is 0 Å². The van der Waals surface area contributed by atoms with Crippen molar-refractivity contribution in [3.05, 3.63) is 71.4 Å². The van der Waals surface area contributed by atoms with Gasteiger partial charge in [0, 0.05) is 23.7 Å². The van der Waals surface area contributed by atoms with Crippen molar-refractivity contribution in [3.63, 3.8) is 0 Å². The number of benzene rings is 2. The Balaban J connectivity index is 1.85. The van der Waals surface area contributed by atoms with Crippen molar-refractivity contribution >= 4 is 22.9 Å². The minimum Gasteiger partial charge on any atom is -0.497 e. The molecule has 1 aromatic heterocycles. The molecule has 0 aliphatic heterocycles. The molecule has 0 atom stereocenters. The summed E-state index contributed by atoms with van der Waals surface area (Å²) in [6.07, 6.45) is 0. The van der Waals surface area contributed by atoms with E-state index in [4.69, 9.17) is 4.74 Å². The number of anilines is 1. The lowest BCUT2D eigenvalue weighted by molar-refractivity contribution is 0.0997. The van der Waals surface area contributed by atoms with Crippen molar-refractivity contribution in [1.82, 2.24) is 0 Å². The highest BCUT2D eigenvalue weighted by molar-refractivity contribution is 7.17. The lowest BCUT2D eigenvalue weighted by Crippen LogP contribution is -2.25. The molecule has 0 radical (unpaired) electrons. The van der Waals surface area contributed by atoms with Gasteiger partial charge >= 0.3 is 0 Å². The molecule has 1 heterocycles. The largest absolute Gasteiger partial charge is 0.497 e. The second-order valence-corrected chi connectivity index (χ2v) is 6.32. The summed E-state index contributed by atoms with van der Waals surface area (Å²) in [5.41, 5.74) is 1.52. The van der Waals surface area contributed by atoms with Gasteiger partial charge in [0.05, 0.1) is 12.0 Å². The first kappa shape index (κ1) is 16.2. The maximum Gasteiger partial charge on any atom is 0.268 e. The molecule has 0 aliphatic rings. The van der Waals surface area contributed by atoms with E-state index in [0.29, 0.717) is 10.6 Å². The van der Waals surface area contributed by atoms with Crippen LogP contribution >= 0.6 is 11.3 Å². The van der Waals surface area contributed by atoms with Crippen LogP contribution in [0.5, 0.6) is 5.75 Å². The van der Waals surface area contributed by atoms with Gasteiger partial charge in [-0.2, -0.15) is 0 Å². The first-order chi connectivity index (χ1) is 11.6. The van der Waals surface area contributed by atoms with Crippen molar-refractivity contribution in [1.29, 1.82) is 0 Å². The number of hydrogen-bond acceptors (Lipinski definition) is 3. The Hall–Kier alpha value is -2.66. The monoisotopic (exact) mass is 341 g/mol. The second kappa shape index (κ2) is 6.84. The van der Waals surface area contributed by atoms with E-state index in [1.807, 2.05) is 30.3 Å². The van der Waals surface area contributed by atoms with Gasteiger partial charge in [-0.15, -0.1) is 11.3 Å². The van der Waals surface area contributed by atoms with Crippen molar-refractivity contribution in [3.8, 4) is 16.2 Å². The molecule has 3 nitrogen and oxygen atoms in total. The van der Waals surface area contributed by atoms with Gasteiger partial charge in [0.25, 0.3) is 5.91 Å². The van der Waals surface area contributed by atoms with Crippen LogP contribution in [0.25, 0.3) is 10.4 Å². The lowest BCUT2D eigenvalue weighted by atomic mass is 10.2. The number of thiophene rings is 1. The summed E-state index contributed by atoms with van der Waals surface area (Å²) in [7, 11) is 3.31. The van der Waals surface area contributed by atoms with E-state index in [0.717, 1.165) is 16.1 Å². The highest BCUT2D eigenvalue weighted by Crippen LogP contribution is 2.30. The maximum absolute atomic E-state index is 13.4. The van der Waals surface area contributed by atoms with Crippen LogP contribution in [-0.2, 0) is 0 Å². The van der Waals surface area contributed by atoms with Crippen LogP contribution in [0.15, 0.2) is 60.7 Å². The molecule has 0 spiro atoms. The van der Waals surface area contributed by atoms with E-state index in [2.05, 4.69) is 0 Å². The number of carbonyl (C=O) groups is 1. The topological polar surface area (TPSA) is 29.5 Å². The van der Waals surface area contributed by atoms with E-state index in [1.54, 1.807) is 37.3 Å². The molecule has 0 N–H and O–H groups in total. The molecule has 3 rings (SSSR count). The van der Waals surface area contributed by atoms with E-state index in [9.17, 15) is 9.18 Å². The van der Waals surface area contributed by atoms with Crippen LogP contribution in [0.1, 0.15) is 9.67 Å². The highest BCUT2D eigenvalue weighted by Gasteiger charge is 2.17. The average Bonchev–Trinajstić information content (AvgIpc) is 3.10. The summed E-state index contributed by atoms with van der Waals surface area (Å²) in [6, 6.07) is 17.3. The van der Waals surface area contributed by atoms with Crippen LogP contribution in [0.2, 0.25) is 0 Å². The van der Waals surface area contributed by atoms with Gasteiger partial charge < -0.3 is 9.64 Å². The number of nitrogens with zero attached hydrogens (tertiary/aromatic N) is 1. The molecule has 0 saturated carbocycles. The molecular formula is C19H16FNO2S. The quantitative estimate of drug-likeness (QED) is 0.679. The molecule has 0 fully saturated rings. The molecule has 5 heteroatoms. The summed E-state index contributed by atoms with van der Waals surface area (Å²) in [5, 5.41) is 0. The summed E-state index contributed by atoms with van der Waals surface area (Å²) >= 11 is 1.35. The fraction of sp³-hybridized carbons (Fsp3) is 0.105. The molecule has 0 saturated heterocycles. The van der Waals surface area contributed by atoms with Crippen LogP contribution < -0.4 is 9.64 Å². The SMILES string of the molecule is COc1cccc(N(C)C(=O)c2ccc(-c3cccc(F)c3)s2)c1. The maximum atomic E-state index is 13.4. The van der Waals surface area contributed by atoms with Gasteiger partial charge in [-0.1, -0.05) is 18.2 Å². The first-order valence-corrected chi connectivity index (χ1v) is 8.18.